The van der Waals surface area contributed by atoms with Gasteiger partial charge in [0.05, 0.1) is 6.61 Å². The quantitative estimate of drug-likeness (QED) is 0.321. The monoisotopic (exact) mass is 666 g/mol. The van der Waals surface area contributed by atoms with Crippen LogP contribution in [0.5, 0.6) is 0 Å². The first-order chi connectivity index (χ1) is 23.1. The van der Waals surface area contributed by atoms with Crippen molar-refractivity contribution in [3.8, 4) is 11.4 Å². The maximum Gasteiger partial charge on any atom is 0.409 e. The first kappa shape index (κ1) is 35.9. The molecule has 15 nitrogen and oxygen atoms in total. The van der Waals surface area contributed by atoms with Crippen LogP contribution in [0.3, 0.4) is 0 Å². The van der Waals surface area contributed by atoms with E-state index in [2.05, 4.69) is 17.2 Å². The summed E-state index contributed by atoms with van der Waals surface area (Å²) in [7, 11) is 3.41. The number of hydrogen-bond acceptors (Lipinski definition) is 9. The van der Waals surface area contributed by atoms with Crippen molar-refractivity contribution < 1.29 is 33.8 Å². The zero-order valence-electron chi connectivity index (χ0n) is 28.0. The number of carboxylic acids is 1. The highest BCUT2D eigenvalue weighted by Gasteiger charge is 2.32. The van der Waals surface area contributed by atoms with E-state index in [0.29, 0.717) is 50.0 Å². The Kier molecular flexibility index (Phi) is 12.9. The van der Waals surface area contributed by atoms with Crippen molar-refractivity contribution in [1.29, 1.82) is 0 Å². The molecular weight excluding hydrogens is 620 g/mol. The zero-order valence-corrected chi connectivity index (χ0v) is 28.0. The molecule has 0 spiro atoms. The van der Waals surface area contributed by atoms with Crippen LogP contribution in [0.25, 0.3) is 11.4 Å². The predicted octanol–water partition coefficient (Wildman–Crippen LogP) is 2.38. The lowest BCUT2D eigenvalue weighted by Crippen LogP contribution is -2.56. The van der Waals surface area contributed by atoms with Gasteiger partial charge in [-0.05, 0) is 12.8 Å². The van der Waals surface area contributed by atoms with Crippen LogP contribution in [0.15, 0.2) is 36.4 Å². The second kappa shape index (κ2) is 17.3. The molecule has 1 atom stereocenters. The lowest BCUT2D eigenvalue weighted by molar-refractivity contribution is -0.138. The normalized spacial score (nSPS) is 15.5. The van der Waals surface area contributed by atoms with Gasteiger partial charge in [0, 0.05) is 84.5 Å². The summed E-state index contributed by atoms with van der Waals surface area (Å²) in [6, 6.07) is 9.53. The Morgan fingerprint density at radius 1 is 0.896 bits per heavy atom. The van der Waals surface area contributed by atoms with Gasteiger partial charge in [0.25, 0.3) is 5.91 Å². The largest absolute Gasteiger partial charge is 0.481 e. The Morgan fingerprint density at radius 3 is 2.17 bits per heavy atom. The highest BCUT2D eigenvalue weighted by Crippen LogP contribution is 2.22. The minimum Gasteiger partial charge on any atom is -0.481 e. The van der Waals surface area contributed by atoms with Crippen LogP contribution in [-0.4, -0.2) is 144 Å². The molecule has 260 valence electrons. The third-order valence-corrected chi connectivity index (χ3v) is 8.31. The van der Waals surface area contributed by atoms with E-state index in [0.717, 1.165) is 19.3 Å². The number of aliphatic carboxylic acids is 1. The molecule has 0 aliphatic carbocycles. The molecule has 2 aromatic rings. The van der Waals surface area contributed by atoms with E-state index in [1.807, 2.05) is 35.2 Å². The summed E-state index contributed by atoms with van der Waals surface area (Å²) in [5.74, 6) is -1.36. The summed E-state index contributed by atoms with van der Waals surface area (Å²) >= 11 is 0. The first-order valence-corrected chi connectivity index (χ1v) is 16.5. The van der Waals surface area contributed by atoms with Crippen molar-refractivity contribution in [3.05, 3.63) is 42.1 Å². The van der Waals surface area contributed by atoms with E-state index >= 15 is 0 Å². The number of carbonyl (C=O) groups is 5. The van der Waals surface area contributed by atoms with Gasteiger partial charge in [-0.15, -0.1) is 0 Å². The third kappa shape index (κ3) is 9.78. The van der Waals surface area contributed by atoms with Crippen molar-refractivity contribution in [2.24, 2.45) is 0 Å². The average Bonchev–Trinajstić information content (AvgIpc) is 3.11. The van der Waals surface area contributed by atoms with Gasteiger partial charge in [-0.25, -0.2) is 19.6 Å². The Morgan fingerprint density at radius 2 is 1.54 bits per heavy atom. The van der Waals surface area contributed by atoms with E-state index in [9.17, 15) is 29.1 Å². The lowest BCUT2D eigenvalue weighted by atomic mass is 10.1. The number of rotatable bonds is 12. The fraction of sp³-hybridized carbons (Fsp3) is 0.545. The van der Waals surface area contributed by atoms with E-state index < -0.39 is 29.9 Å². The molecule has 0 radical (unpaired) electrons. The summed E-state index contributed by atoms with van der Waals surface area (Å²) < 4.78 is 5.34. The molecule has 2 N–H and O–H groups in total. The summed E-state index contributed by atoms with van der Waals surface area (Å²) in [6.45, 7) is 5.31. The number of aromatic nitrogens is 2. The molecule has 2 saturated heterocycles. The van der Waals surface area contributed by atoms with Crippen LogP contribution in [0.2, 0.25) is 0 Å². The lowest BCUT2D eigenvalue weighted by Gasteiger charge is -2.36. The number of carboxylic acid groups (broad SMARTS) is 1. The van der Waals surface area contributed by atoms with Crippen LogP contribution in [0.4, 0.5) is 15.4 Å². The van der Waals surface area contributed by atoms with Gasteiger partial charge in [-0.2, -0.15) is 0 Å². The highest BCUT2D eigenvalue weighted by molar-refractivity contribution is 5.97. The molecular formula is C33H46N8O7. The molecule has 2 fully saturated rings. The van der Waals surface area contributed by atoms with E-state index in [1.165, 1.54) is 9.80 Å². The van der Waals surface area contributed by atoms with Gasteiger partial charge in [0.15, 0.2) is 5.82 Å². The molecule has 3 heterocycles. The Balaban J connectivity index is 1.49. The molecule has 1 aromatic heterocycles. The number of piperazine rings is 2. The molecule has 48 heavy (non-hydrogen) atoms. The number of hydrogen-bond donors (Lipinski definition) is 2. The number of amides is 5. The first-order valence-electron chi connectivity index (χ1n) is 16.5. The van der Waals surface area contributed by atoms with Crippen molar-refractivity contribution in [2.45, 2.75) is 45.1 Å². The number of nitrogens with one attached hydrogen (secondary N) is 1. The van der Waals surface area contributed by atoms with Crippen molar-refractivity contribution >= 4 is 35.7 Å². The standard InChI is InChI=1S/C33H46N8O7/c1-4-5-9-22-48-33(47)41-20-16-39(17-21-41)31(45)25(12-13-28(42)43)35-30(44)26-23-27(36-29(34-26)24-10-7-6-8-11-24)38-14-18-40(19-15-38)32(46)37(2)3/h6-8,10-11,23,25H,4-5,9,12-22H2,1-3H3,(H,35,44)(H,42,43)/t25-/m0/s1. The molecule has 2 aliphatic rings. The summed E-state index contributed by atoms with van der Waals surface area (Å²) in [6.07, 6.45) is 1.90. The smallest absolute Gasteiger partial charge is 0.409 e. The molecule has 1 aromatic carbocycles. The number of anilines is 1. The Bertz CT molecular complexity index is 1420. The zero-order chi connectivity index (χ0) is 34.6. The maximum atomic E-state index is 13.7. The van der Waals surface area contributed by atoms with Crippen molar-refractivity contribution in [1.82, 2.24) is 34.9 Å². The number of nitrogens with zero attached hydrogens (tertiary/aromatic N) is 7. The topological polar surface area (TPSA) is 169 Å². The van der Waals surface area contributed by atoms with Crippen LogP contribution >= 0.6 is 0 Å². The summed E-state index contributed by atoms with van der Waals surface area (Å²) in [5, 5.41) is 12.1. The fourth-order valence-electron chi connectivity index (χ4n) is 5.53. The van der Waals surface area contributed by atoms with Crippen LogP contribution in [0.1, 0.15) is 49.5 Å². The second-order valence-corrected chi connectivity index (χ2v) is 12.0. The van der Waals surface area contributed by atoms with Gasteiger partial charge in [0.1, 0.15) is 17.6 Å². The van der Waals surface area contributed by atoms with Crippen LogP contribution < -0.4 is 10.2 Å². The number of benzene rings is 1. The van der Waals surface area contributed by atoms with Crippen LogP contribution in [-0.2, 0) is 14.3 Å². The van der Waals surface area contributed by atoms with Gasteiger partial charge < -0.3 is 39.7 Å². The van der Waals surface area contributed by atoms with Gasteiger partial charge in [0.2, 0.25) is 5.91 Å². The van der Waals surface area contributed by atoms with E-state index in [1.54, 1.807) is 30.0 Å². The number of unbranched alkanes of at least 4 members (excludes halogenated alkanes) is 2. The van der Waals surface area contributed by atoms with E-state index in [-0.39, 0.29) is 50.7 Å². The summed E-state index contributed by atoms with van der Waals surface area (Å²) in [5.41, 5.74) is 0.712. The van der Waals surface area contributed by atoms with Crippen molar-refractivity contribution in [3.63, 3.8) is 0 Å². The molecule has 15 heteroatoms. The number of urea groups is 1. The maximum absolute atomic E-state index is 13.7. The second-order valence-electron chi connectivity index (χ2n) is 12.0. The fourth-order valence-corrected chi connectivity index (χ4v) is 5.53. The van der Waals surface area contributed by atoms with Crippen LogP contribution in [0, 0.1) is 0 Å². The molecule has 0 unspecified atom stereocenters. The SMILES string of the molecule is CCCCCOC(=O)N1CCN(C(=O)[C@H](CCC(=O)O)NC(=O)c2cc(N3CCN(C(=O)N(C)C)CC3)nc(-c3ccccc3)n2)CC1. The van der Waals surface area contributed by atoms with E-state index in [4.69, 9.17) is 9.72 Å². The Hall–Kier alpha value is -4.95. The van der Waals surface area contributed by atoms with Gasteiger partial charge >= 0.3 is 18.1 Å². The molecule has 2 aliphatic heterocycles. The highest BCUT2D eigenvalue weighted by atomic mass is 16.6. The molecule has 0 saturated carbocycles. The van der Waals surface area contributed by atoms with Crippen molar-refractivity contribution in [2.75, 3.05) is 78.0 Å². The van der Waals surface area contributed by atoms with Gasteiger partial charge in [-0.3, -0.25) is 14.4 Å². The molecule has 4 rings (SSSR count). The minimum absolute atomic E-state index is 0.0226. The van der Waals surface area contributed by atoms with Gasteiger partial charge in [-0.1, -0.05) is 50.1 Å². The third-order valence-electron chi connectivity index (χ3n) is 8.31. The average molecular weight is 667 g/mol. The number of carbonyl (C=O) groups excluding carboxylic acids is 4. The molecule has 5 amide bonds. The Labute approximate surface area is 280 Å². The molecule has 0 bridgehead atoms. The summed E-state index contributed by atoms with van der Waals surface area (Å²) in [4.78, 5) is 81.4. The minimum atomic E-state index is -1.12. The number of ether oxygens (including phenoxy) is 1. The predicted molar refractivity (Wildman–Crippen MR) is 177 cm³/mol.